The molecule has 1 saturated carbocycles. The van der Waals surface area contributed by atoms with Crippen molar-refractivity contribution in [1.29, 1.82) is 0 Å². The van der Waals surface area contributed by atoms with Crippen LogP contribution in [0.15, 0.2) is 55.1 Å². The van der Waals surface area contributed by atoms with Crippen molar-refractivity contribution in [3.8, 4) is 11.1 Å². The molecule has 1 aliphatic carbocycles. The van der Waals surface area contributed by atoms with Gasteiger partial charge in [-0.1, -0.05) is 23.7 Å². The second-order valence-electron chi connectivity index (χ2n) is 8.66. The van der Waals surface area contributed by atoms with Gasteiger partial charge in [0.25, 0.3) is 0 Å². The SMILES string of the molecule is OC1[C@H](C2CC2)[C@H](c2ccc(-c3cnn(C(F)(F)F)c3)cc2Cl)N1c1ccc2[nH]cnc2c1. The van der Waals surface area contributed by atoms with Crippen LogP contribution >= 0.6 is 11.6 Å². The van der Waals surface area contributed by atoms with Crippen molar-refractivity contribution in [2.24, 2.45) is 11.8 Å². The summed E-state index contributed by atoms with van der Waals surface area (Å²) >= 11 is 6.68. The molecule has 2 aromatic heterocycles. The Balaban J connectivity index is 1.36. The van der Waals surface area contributed by atoms with Crippen molar-refractivity contribution in [2.75, 3.05) is 4.90 Å². The minimum Gasteiger partial charge on any atom is -0.373 e. The van der Waals surface area contributed by atoms with Crippen molar-refractivity contribution in [2.45, 2.75) is 31.4 Å². The third-order valence-corrected chi connectivity index (χ3v) is 6.99. The zero-order valence-electron chi connectivity index (χ0n) is 17.2. The highest BCUT2D eigenvalue weighted by molar-refractivity contribution is 6.31. The molecule has 6 nitrogen and oxygen atoms in total. The molecule has 0 bridgehead atoms. The minimum atomic E-state index is -4.57. The summed E-state index contributed by atoms with van der Waals surface area (Å²) in [6, 6.07) is 10.9. The third kappa shape index (κ3) is 3.38. The van der Waals surface area contributed by atoms with Gasteiger partial charge in [-0.15, -0.1) is 13.2 Å². The number of aromatic amines is 1. The monoisotopic (exact) mass is 473 g/mol. The fraction of sp³-hybridized carbons (Fsp3) is 0.304. The molecule has 0 radical (unpaired) electrons. The number of aliphatic hydroxyl groups is 1. The number of nitrogens with zero attached hydrogens (tertiary/aromatic N) is 4. The highest BCUT2D eigenvalue weighted by Crippen LogP contribution is 2.57. The van der Waals surface area contributed by atoms with Crippen molar-refractivity contribution < 1.29 is 18.3 Å². The molecule has 0 spiro atoms. The number of rotatable bonds is 4. The van der Waals surface area contributed by atoms with Gasteiger partial charge in [0, 0.05) is 28.4 Å². The number of alkyl halides is 3. The van der Waals surface area contributed by atoms with Crippen LogP contribution in [0, 0.1) is 11.8 Å². The minimum absolute atomic E-state index is 0.0253. The zero-order valence-corrected chi connectivity index (χ0v) is 17.9. The Morgan fingerprint density at radius 3 is 2.61 bits per heavy atom. The van der Waals surface area contributed by atoms with Crippen LogP contribution in [0.5, 0.6) is 0 Å². The van der Waals surface area contributed by atoms with E-state index in [2.05, 4.69) is 15.1 Å². The fourth-order valence-electron chi connectivity index (χ4n) is 4.89. The highest BCUT2D eigenvalue weighted by atomic mass is 35.5. The van der Waals surface area contributed by atoms with Gasteiger partial charge < -0.3 is 15.0 Å². The van der Waals surface area contributed by atoms with Crippen LogP contribution in [0.3, 0.4) is 0 Å². The molecule has 6 rings (SSSR count). The molecule has 10 heteroatoms. The first-order chi connectivity index (χ1) is 15.8. The second-order valence-corrected chi connectivity index (χ2v) is 9.07. The molecule has 2 aromatic carbocycles. The Morgan fingerprint density at radius 2 is 1.91 bits per heavy atom. The number of fused-ring (bicyclic) bond motifs is 1. The summed E-state index contributed by atoms with van der Waals surface area (Å²) in [6.07, 6.45) is 0.661. The van der Waals surface area contributed by atoms with Crippen molar-refractivity contribution >= 4 is 28.3 Å². The normalized spacial score (nSPS) is 23.2. The number of hydrogen-bond acceptors (Lipinski definition) is 4. The molecule has 2 fully saturated rings. The maximum absolute atomic E-state index is 12.9. The number of halogens is 4. The molecular weight excluding hydrogens is 455 g/mol. The summed E-state index contributed by atoms with van der Waals surface area (Å²) in [7, 11) is 0. The summed E-state index contributed by atoms with van der Waals surface area (Å²) in [5, 5.41) is 14.9. The van der Waals surface area contributed by atoms with Crippen molar-refractivity contribution in [1.82, 2.24) is 19.7 Å². The van der Waals surface area contributed by atoms with E-state index in [1.165, 1.54) is 6.20 Å². The first-order valence-corrected chi connectivity index (χ1v) is 11.0. The van der Waals surface area contributed by atoms with Gasteiger partial charge in [0.1, 0.15) is 6.23 Å². The zero-order chi connectivity index (χ0) is 22.9. The Hall–Kier alpha value is -3.04. The van der Waals surface area contributed by atoms with Crippen LogP contribution in [-0.4, -0.2) is 31.1 Å². The maximum atomic E-state index is 12.9. The van der Waals surface area contributed by atoms with Crippen LogP contribution in [-0.2, 0) is 6.30 Å². The van der Waals surface area contributed by atoms with E-state index in [1.54, 1.807) is 18.5 Å². The first-order valence-electron chi connectivity index (χ1n) is 10.6. The van der Waals surface area contributed by atoms with Crippen LogP contribution in [0.2, 0.25) is 5.02 Å². The number of nitrogens with one attached hydrogen (secondary N) is 1. The third-order valence-electron chi connectivity index (χ3n) is 6.66. The van der Waals surface area contributed by atoms with E-state index in [0.29, 0.717) is 22.1 Å². The number of imidazole rings is 1. The molecule has 2 aliphatic rings. The highest BCUT2D eigenvalue weighted by Gasteiger charge is 2.55. The number of anilines is 1. The maximum Gasteiger partial charge on any atom is 0.504 e. The Labute approximate surface area is 191 Å². The fourth-order valence-corrected chi connectivity index (χ4v) is 5.18. The lowest BCUT2D eigenvalue weighted by Gasteiger charge is -2.55. The van der Waals surface area contributed by atoms with Gasteiger partial charge in [-0.05, 0) is 54.2 Å². The largest absolute Gasteiger partial charge is 0.504 e. The molecule has 2 N–H and O–H groups in total. The molecule has 3 atom stereocenters. The molecule has 1 saturated heterocycles. The number of aromatic nitrogens is 4. The molecule has 170 valence electrons. The predicted molar refractivity (Wildman–Crippen MR) is 118 cm³/mol. The number of aliphatic hydroxyl groups excluding tert-OH is 1. The molecule has 4 aromatic rings. The number of H-pyrrole nitrogens is 1. The average Bonchev–Trinajstić information content (AvgIpc) is 3.25. The molecule has 3 heterocycles. The lowest BCUT2D eigenvalue weighted by Crippen LogP contribution is -2.59. The van der Waals surface area contributed by atoms with Crippen LogP contribution in [0.25, 0.3) is 22.2 Å². The first kappa shape index (κ1) is 20.6. The molecule has 0 amide bonds. The summed E-state index contributed by atoms with van der Waals surface area (Å²) in [6.45, 7) is 0. The van der Waals surface area contributed by atoms with E-state index in [4.69, 9.17) is 11.6 Å². The van der Waals surface area contributed by atoms with Gasteiger partial charge in [-0.2, -0.15) is 9.78 Å². The molecule has 33 heavy (non-hydrogen) atoms. The number of benzene rings is 2. The Kier molecular flexibility index (Phi) is 4.50. The van der Waals surface area contributed by atoms with E-state index in [0.717, 1.165) is 41.3 Å². The van der Waals surface area contributed by atoms with Crippen molar-refractivity contribution in [3.05, 3.63) is 65.7 Å². The smallest absolute Gasteiger partial charge is 0.373 e. The quantitative estimate of drug-likeness (QED) is 0.413. The summed E-state index contributed by atoms with van der Waals surface area (Å²) in [5.74, 6) is 0.465. The Morgan fingerprint density at radius 1 is 1.09 bits per heavy atom. The van der Waals surface area contributed by atoms with Crippen molar-refractivity contribution in [3.63, 3.8) is 0 Å². The second kappa shape index (κ2) is 7.23. The van der Waals surface area contributed by atoms with Gasteiger partial charge in [0.2, 0.25) is 0 Å². The lowest BCUT2D eigenvalue weighted by atomic mass is 9.77. The van der Waals surface area contributed by atoms with Crippen LogP contribution in [0.4, 0.5) is 18.9 Å². The topological polar surface area (TPSA) is 70.0 Å². The predicted octanol–water partition coefficient (Wildman–Crippen LogP) is 5.46. The van der Waals surface area contributed by atoms with E-state index in [9.17, 15) is 18.3 Å². The van der Waals surface area contributed by atoms with Gasteiger partial charge in [0.15, 0.2) is 0 Å². The summed E-state index contributed by atoms with van der Waals surface area (Å²) < 4.78 is 38.7. The van der Waals surface area contributed by atoms with E-state index >= 15 is 0 Å². The standard InChI is InChI=1S/C23H19ClF3N5O/c24-17-7-13(14-9-30-31(10-14)23(25,26)27)3-5-16(17)21-20(12-1-2-12)22(33)32(21)15-4-6-18-19(8-15)29-11-28-18/h3-12,20-22,33H,1-2H2,(H,28,29)/t20-,21+,22?/m1/s1. The van der Waals surface area contributed by atoms with Gasteiger partial charge in [-0.3, -0.25) is 0 Å². The lowest BCUT2D eigenvalue weighted by molar-refractivity contribution is -0.212. The van der Waals surface area contributed by atoms with E-state index < -0.39 is 12.5 Å². The summed E-state index contributed by atoms with van der Waals surface area (Å²) in [5.41, 5.74) is 4.27. The molecule has 1 aliphatic heterocycles. The average molecular weight is 474 g/mol. The summed E-state index contributed by atoms with van der Waals surface area (Å²) in [4.78, 5) is 9.32. The number of hydrogen-bond donors (Lipinski definition) is 2. The Bertz CT molecular complexity index is 1350. The van der Waals surface area contributed by atoms with Gasteiger partial charge >= 0.3 is 6.30 Å². The molecule has 1 unspecified atom stereocenters. The van der Waals surface area contributed by atoms with Gasteiger partial charge in [0.05, 0.1) is 29.6 Å². The van der Waals surface area contributed by atoms with E-state index in [-0.39, 0.29) is 16.6 Å². The van der Waals surface area contributed by atoms with E-state index in [1.807, 2.05) is 29.2 Å². The van der Waals surface area contributed by atoms with Crippen LogP contribution < -0.4 is 4.90 Å². The van der Waals surface area contributed by atoms with Gasteiger partial charge in [-0.25, -0.2) is 4.98 Å². The molecular formula is C23H19ClF3N5O. The van der Waals surface area contributed by atoms with Crippen LogP contribution in [0.1, 0.15) is 24.4 Å².